The first-order valence-corrected chi connectivity index (χ1v) is 6.24. The molecule has 0 amide bonds. The molecule has 0 aliphatic carbocycles. The van der Waals surface area contributed by atoms with Crippen molar-refractivity contribution in [2.24, 2.45) is 0 Å². The number of hydrogen-bond donors (Lipinski definition) is 1. The molecule has 1 N–H and O–H groups in total. The van der Waals surface area contributed by atoms with Gasteiger partial charge in [-0.05, 0) is 46.7 Å². The summed E-state index contributed by atoms with van der Waals surface area (Å²) in [5.41, 5.74) is 1.52. The highest BCUT2D eigenvalue weighted by Gasteiger charge is 2.09. The van der Waals surface area contributed by atoms with E-state index in [4.69, 9.17) is 4.42 Å². The van der Waals surface area contributed by atoms with Gasteiger partial charge < -0.3 is 9.73 Å². The lowest BCUT2D eigenvalue weighted by atomic mass is 10.1. The molecule has 0 radical (unpaired) electrons. The number of nitrogens with one attached hydrogen (secondary N) is 1. The van der Waals surface area contributed by atoms with E-state index in [0.717, 1.165) is 22.3 Å². The van der Waals surface area contributed by atoms with Crippen molar-refractivity contribution >= 4 is 15.9 Å². The Balaban J connectivity index is 2.34. The molecule has 0 saturated carbocycles. The minimum atomic E-state index is -0.197. The van der Waals surface area contributed by atoms with Crippen molar-refractivity contribution in [2.45, 2.75) is 13.5 Å². The maximum atomic E-state index is 13.6. The third-order valence-electron chi connectivity index (χ3n) is 2.49. The Morgan fingerprint density at radius 3 is 2.82 bits per heavy atom. The van der Waals surface area contributed by atoms with Crippen LogP contribution in [-0.2, 0) is 6.54 Å². The minimum absolute atomic E-state index is 0.197. The second-order valence-corrected chi connectivity index (χ2v) is 4.54. The highest BCUT2D eigenvalue weighted by Crippen LogP contribution is 2.30. The minimum Gasteiger partial charge on any atom is -0.463 e. The summed E-state index contributed by atoms with van der Waals surface area (Å²) in [6.45, 7) is 3.33. The van der Waals surface area contributed by atoms with Crippen molar-refractivity contribution in [1.29, 1.82) is 0 Å². The van der Waals surface area contributed by atoms with Crippen LogP contribution in [-0.4, -0.2) is 6.54 Å². The molecule has 1 heterocycles. The van der Waals surface area contributed by atoms with E-state index in [2.05, 4.69) is 21.2 Å². The summed E-state index contributed by atoms with van der Waals surface area (Å²) < 4.78 is 19.8. The molecule has 17 heavy (non-hydrogen) atoms. The van der Waals surface area contributed by atoms with Gasteiger partial charge in [0.1, 0.15) is 11.6 Å². The smallest absolute Gasteiger partial charge is 0.148 e. The molecule has 0 aliphatic rings. The van der Waals surface area contributed by atoms with Gasteiger partial charge in [0, 0.05) is 17.7 Å². The first-order valence-electron chi connectivity index (χ1n) is 5.45. The Kier molecular flexibility index (Phi) is 3.97. The van der Waals surface area contributed by atoms with Crippen LogP contribution in [0.2, 0.25) is 0 Å². The second-order valence-electron chi connectivity index (χ2n) is 3.68. The molecule has 2 rings (SSSR count). The van der Waals surface area contributed by atoms with E-state index < -0.39 is 0 Å². The fourth-order valence-corrected chi connectivity index (χ4v) is 2.04. The van der Waals surface area contributed by atoms with Crippen LogP contribution >= 0.6 is 15.9 Å². The molecular formula is C13H13BrFNO. The second kappa shape index (κ2) is 5.47. The normalized spacial score (nSPS) is 10.8. The van der Waals surface area contributed by atoms with Crippen LogP contribution in [0.4, 0.5) is 4.39 Å². The van der Waals surface area contributed by atoms with Crippen molar-refractivity contribution in [2.75, 3.05) is 6.54 Å². The molecule has 0 spiro atoms. The number of benzene rings is 1. The number of halogens is 2. The topological polar surface area (TPSA) is 25.2 Å². The van der Waals surface area contributed by atoms with Crippen molar-refractivity contribution in [3.8, 4) is 11.3 Å². The monoisotopic (exact) mass is 297 g/mol. The van der Waals surface area contributed by atoms with Gasteiger partial charge in [-0.1, -0.05) is 6.92 Å². The number of hydrogen-bond acceptors (Lipinski definition) is 2. The molecule has 0 atom stereocenters. The largest absolute Gasteiger partial charge is 0.463 e. The van der Waals surface area contributed by atoms with E-state index in [1.54, 1.807) is 12.3 Å². The van der Waals surface area contributed by atoms with Crippen LogP contribution in [0, 0.1) is 5.82 Å². The Morgan fingerprint density at radius 2 is 2.18 bits per heavy atom. The summed E-state index contributed by atoms with van der Waals surface area (Å²) in [6.07, 6.45) is 1.60. The summed E-state index contributed by atoms with van der Waals surface area (Å²) >= 11 is 3.40. The Labute approximate surface area is 108 Å². The van der Waals surface area contributed by atoms with Crippen LogP contribution < -0.4 is 5.32 Å². The SMILES string of the molecule is CCNCc1cc(-c2occc2Br)ccc1F. The summed E-state index contributed by atoms with van der Waals surface area (Å²) in [5, 5.41) is 3.11. The van der Waals surface area contributed by atoms with Gasteiger partial charge in [0.25, 0.3) is 0 Å². The third kappa shape index (κ3) is 2.76. The maximum Gasteiger partial charge on any atom is 0.148 e. The van der Waals surface area contributed by atoms with E-state index in [9.17, 15) is 4.39 Å². The molecule has 0 fully saturated rings. The van der Waals surface area contributed by atoms with Crippen LogP contribution in [0.15, 0.2) is 39.4 Å². The first-order chi connectivity index (χ1) is 8.22. The summed E-state index contributed by atoms with van der Waals surface area (Å²) in [6, 6.07) is 6.82. The van der Waals surface area contributed by atoms with E-state index in [-0.39, 0.29) is 5.82 Å². The van der Waals surface area contributed by atoms with E-state index in [1.165, 1.54) is 6.07 Å². The fourth-order valence-electron chi connectivity index (χ4n) is 1.61. The van der Waals surface area contributed by atoms with E-state index in [1.807, 2.05) is 19.1 Å². The molecule has 90 valence electrons. The summed E-state index contributed by atoms with van der Waals surface area (Å²) in [4.78, 5) is 0. The van der Waals surface area contributed by atoms with Crippen LogP contribution in [0.1, 0.15) is 12.5 Å². The molecule has 0 aliphatic heterocycles. The number of furan rings is 1. The Bertz CT molecular complexity index is 510. The van der Waals surface area contributed by atoms with Crippen LogP contribution in [0.5, 0.6) is 0 Å². The Morgan fingerprint density at radius 1 is 1.35 bits per heavy atom. The van der Waals surface area contributed by atoms with E-state index >= 15 is 0 Å². The quantitative estimate of drug-likeness (QED) is 0.924. The third-order valence-corrected chi connectivity index (χ3v) is 3.11. The number of rotatable bonds is 4. The molecule has 1 aromatic heterocycles. The predicted octanol–water partition coefficient (Wildman–Crippen LogP) is 3.96. The zero-order valence-electron chi connectivity index (χ0n) is 9.47. The predicted molar refractivity (Wildman–Crippen MR) is 69.2 cm³/mol. The highest BCUT2D eigenvalue weighted by molar-refractivity contribution is 9.10. The lowest BCUT2D eigenvalue weighted by Crippen LogP contribution is -2.12. The Hall–Kier alpha value is -1.13. The first kappa shape index (κ1) is 12.3. The van der Waals surface area contributed by atoms with Gasteiger partial charge in [-0.25, -0.2) is 4.39 Å². The molecule has 2 nitrogen and oxygen atoms in total. The van der Waals surface area contributed by atoms with E-state index in [0.29, 0.717) is 12.1 Å². The average molecular weight is 298 g/mol. The molecule has 0 unspecified atom stereocenters. The zero-order valence-corrected chi connectivity index (χ0v) is 11.1. The van der Waals surface area contributed by atoms with Crippen LogP contribution in [0.25, 0.3) is 11.3 Å². The average Bonchev–Trinajstić information content (AvgIpc) is 2.75. The van der Waals surface area contributed by atoms with Gasteiger partial charge >= 0.3 is 0 Å². The molecule has 0 saturated heterocycles. The van der Waals surface area contributed by atoms with Crippen molar-refractivity contribution in [3.05, 3.63) is 46.4 Å². The highest BCUT2D eigenvalue weighted by atomic mass is 79.9. The molecule has 0 bridgehead atoms. The van der Waals surface area contributed by atoms with Crippen LogP contribution in [0.3, 0.4) is 0 Å². The van der Waals surface area contributed by atoms with Gasteiger partial charge in [0.2, 0.25) is 0 Å². The van der Waals surface area contributed by atoms with Gasteiger partial charge in [-0.3, -0.25) is 0 Å². The van der Waals surface area contributed by atoms with Gasteiger partial charge in [0.15, 0.2) is 0 Å². The van der Waals surface area contributed by atoms with Crippen molar-refractivity contribution < 1.29 is 8.81 Å². The molecule has 1 aromatic carbocycles. The lowest BCUT2D eigenvalue weighted by molar-refractivity contribution is 0.577. The zero-order chi connectivity index (χ0) is 12.3. The van der Waals surface area contributed by atoms with Crippen molar-refractivity contribution in [3.63, 3.8) is 0 Å². The maximum absolute atomic E-state index is 13.6. The van der Waals surface area contributed by atoms with Crippen molar-refractivity contribution in [1.82, 2.24) is 5.32 Å². The molecule has 2 aromatic rings. The summed E-state index contributed by atoms with van der Waals surface area (Å²) in [7, 11) is 0. The van der Waals surface area contributed by atoms with Gasteiger partial charge in [-0.15, -0.1) is 0 Å². The fraction of sp³-hybridized carbons (Fsp3) is 0.231. The van der Waals surface area contributed by atoms with Gasteiger partial charge in [-0.2, -0.15) is 0 Å². The molecule has 4 heteroatoms. The molecular weight excluding hydrogens is 285 g/mol. The van der Waals surface area contributed by atoms with Gasteiger partial charge in [0.05, 0.1) is 10.7 Å². The standard InChI is InChI=1S/C13H13BrFNO/c1-2-16-8-10-7-9(3-4-12(10)15)13-11(14)5-6-17-13/h3-7,16H,2,8H2,1H3. The lowest BCUT2D eigenvalue weighted by Gasteiger charge is -2.06. The summed E-state index contributed by atoms with van der Waals surface area (Å²) in [5.74, 6) is 0.528.